The van der Waals surface area contributed by atoms with Crippen molar-refractivity contribution in [2.24, 2.45) is 0 Å². The standard InChI is InChI=1S/C19H18N2O2/c1-3-21-9-8-20-18(21)16-10-15(11-17(12-16)19(22)23)14-6-4-13(2)5-7-14/h4-12H,3H2,1-2H3,(H,22,23). The zero-order valence-corrected chi connectivity index (χ0v) is 13.2. The fourth-order valence-electron chi connectivity index (χ4n) is 2.62. The van der Waals surface area contributed by atoms with Gasteiger partial charge in [-0.3, -0.25) is 0 Å². The van der Waals surface area contributed by atoms with E-state index in [1.165, 1.54) is 5.56 Å². The first-order chi connectivity index (χ1) is 11.1. The monoisotopic (exact) mass is 306 g/mol. The van der Waals surface area contributed by atoms with Crippen LogP contribution in [0.1, 0.15) is 22.8 Å². The molecule has 3 rings (SSSR count). The topological polar surface area (TPSA) is 55.1 Å². The van der Waals surface area contributed by atoms with Gasteiger partial charge in [0.2, 0.25) is 0 Å². The summed E-state index contributed by atoms with van der Waals surface area (Å²) in [5.41, 5.74) is 4.13. The zero-order chi connectivity index (χ0) is 16.4. The van der Waals surface area contributed by atoms with Gasteiger partial charge in [-0.2, -0.15) is 0 Å². The van der Waals surface area contributed by atoms with E-state index in [0.29, 0.717) is 0 Å². The van der Waals surface area contributed by atoms with E-state index in [9.17, 15) is 9.90 Å². The van der Waals surface area contributed by atoms with E-state index < -0.39 is 5.97 Å². The molecule has 0 bridgehead atoms. The van der Waals surface area contributed by atoms with Gasteiger partial charge in [-0.25, -0.2) is 9.78 Å². The molecule has 0 unspecified atom stereocenters. The molecule has 116 valence electrons. The molecule has 23 heavy (non-hydrogen) atoms. The SMILES string of the molecule is CCn1ccnc1-c1cc(C(=O)O)cc(-c2ccc(C)cc2)c1. The van der Waals surface area contributed by atoms with E-state index in [4.69, 9.17) is 0 Å². The Kier molecular flexibility index (Phi) is 3.98. The normalized spacial score (nSPS) is 10.7. The summed E-state index contributed by atoms with van der Waals surface area (Å²) in [6.07, 6.45) is 3.63. The number of imidazole rings is 1. The lowest BCUT2D eigenvalue weighted by Crippen LogP contribution is -2.01. The van der Waals surface area contributed by atoms with Crippen molar-refractivity contribution in [1.82, 2.24) is 9.55 Å². The van der Waals surface area contributed by atoms with Gasteiger partial charge in [-0.15, -0.1) is 0 Å². The zero-order valence-electron chi connectivity index (χ0n) is 13.2. The lowest BCUT2D eigenvalue weighted by Gasteiger charge is -2.10. The summed E-state index contributed by atoms with van der Waals surface area (Å²) in [5.74, 6) is -0.154. The van der Waals surface area contributed by atoms with E-state index in [0.717, 1.165) is 29.1 Å². The highest BCUT2D eigenvalue weighted by molar-refractivity contribution is 5.91. The minimum atomic E-state index is -0.935. The van der Waals surface area contributed by atoms with Crippen LogP contribution in [0.15, 0.2) is 54.9 Å². The fraction of sp³-hybridized carbons (Fsp3) is 0.158. The first-order valence-electron chi connectivity index (χ1n) is 7.55. The molecule has 4 nitrogen and oxygen atoms in total. The van der Waals surface area contributed by atoms with E-state index >= 15 is 0 Å². The van der Waals surface area contributed by atoms with Crippen LogP contribution in [-0.4, -0.2) is 20.6 Å². The first kappa shape index (κ1) is 15.0. The molecule has 0 aliphatic carbocycles. The Labute approximate surface area is 135 Å². The van der Waals surface area contributed by atoms with E-state index in [1.807, 2.05) is 54.9 Å². The lowest BCUT2D eigenvalue weighted by molar-refractivity contribution is 0.0697. The Bertz CT molecular complexity index is 848. The molecule has 0 fully saturated rings. The van der Waals surface area contributed by atoms with Gasteiger partial charge < -0.3 is 9.67 Å². The summed E-state index contributed by atoms with van der Waals surface area (Å²) in [7, 11) is 0. The van der Waals surface area contributed by atoms with Crippen molar-refractivity contribution in [2.75, 3.05) is 0 Å². The molecule has 0 radical (unpaired) electrons. The minimum Gasteiger partial charge on any atom is -0.478 e. The number of aromatic nitrogens is 2. The van der Waals surface area contributed by atoms with Crippen molar-refractivity contribution in [3.05, 3.63) is 66.0 Å². The predicted molar refractivity (Wildman–Crippen MR) is 90.5 cm³/mol. The van der Waals surface area contributed by atoms with Crippen molar-refractivity contribution in [3.8, 4) is 22.5 Å². The summed E-state index contributed by atoms with van der Waals surface area (Å²) in [5, 5.41) is 9.42. The summed E-state index contributed by atoms with van der Waals surface area (Å²) < 4.78 is 2.00. The molecule has 1 aromatic heterocycles. The van der Waals surface area contributed by atoms with Crippen molar-refractivity contribution < 1.29 is 9.90 Å². The molecule has 0 aliphatic rings. The molecule has 3 aromatic rings. The fourth-order valence-corrected chi connectivity index (χ4v) is 2.62. The molecular weight excluding hydrogens is 288 g/mol. The van der Waals surface area contributed by atoms with Gasteiger partial charge in [-0.1, -0.05) is 29.8 Å². The third kappa shape index (κ3) is 3.01. The Morgan fingerprint density at radius 3 is 2.43 bits per heavy atom. The number of rotatable bonds is 4. The van der Waals surface area contributed by atoms with Crippen LogP contribution in [0.25, 0.3) is 22.5 Å². The number of aryl methyl sites for hydroxylation is 2. The first-order valence-corrected chi connectivity index (χ1v) is 7.55. The van der Waals surface area contributed by atoms with E-state index in [1.54, 1.807) is 18.3 Å². The number of benzene rings is 2. The van der Waals surface area contributed by atoms with Crippen LogP contribution in [0.5, 0.6) is 0 Å². The number of nitrogens with zero attached hydrogens (tertiary/aromatic N) is 2. The second-order valence-corrected chi connectivity index (χ2v) is 5.51. The van der Waals surface area contributed by atoms with Gasteiger partial charge in [0.25, 0.3) is 0 Å². The molecule has 1 N–H and O–H groups in total. The Morgan fingerprint density at radius 1 is 1.09 bits per heavy atom. The molecule has 4 heteroatoms. The lowest BCUT2D eigenvalue weighted by atomic mass is 9.98. The Morgan fingerprint density at radius 2 is 1.78 bits per heavy atom. The molecule has 1 heterocycles. The molecular formula is C19H18N2O2. The third-order valence-corrected chi connectivity index (χ3v) is 3.88. The Hall–Kier alpha value is -2.88. The molecule has 2 aromatic carbocycles. The van der Waals surface area contributed by atoms with E-state index in [-0.39, 0.29) is 5.56 Å². The van der Waals surface area contributed by atoms with Gasteiger partial charge in [0.05, 0.1) is 5.56 Å². The average Bonchev–Trinajstić information content (AvgIpc) is 3.03. The van der Waals surface area contributed by atoms with Gasteiger partial charge in [0.1, 0.15) is 5.82 Å². The highest BCUT2D eigenvalue weighted by atomic mass is 16.4. The number of aromatic carboxylic acids is 1. The summed E-state index contributed by atoms with van der Waals surface area (Å²) in [6, 6.07) is 13.4. The maximum atomic E-state index is 11.5. The molecule has 0 saturated carbocycles. The summed E-state index contributed by atoms with van der Waals surface area (Å²) >= 11 is 0. The largest absolute Gasteiger partial charge is 0.478 e. The van der Waals surface area contributed by atoms with Crippen LogP contribution in [0, 0.1) is 6.92 Å². The minimum absolute atomic E-state index is 0.267. The number of hydrogen-bond donors (Lipinski definition) is 1. The van der Waals surface area contributed by atoms with Gasteiger partial charge in [0, 0.05) is 24.5 Å². The van der Waals surface area contributed by atoms with Crippen LogP contribution in [0.2, 0.25) is 0 Å². The number of hydrogen-bond acceptors (Lipinski definition) is 2. The number of carboxylic acids is 1. The van der Waals surface area contributed by atoms with Gasteiger partial charge in [0.15, 0.2) is 0 Å². The van der Waals surface area contributed by atoms with Crippen LogP contribution < -0.4 is 0 Å². The second-order valence-electron chi connectivity index (χ2n) is 5.51. The van der Waals surface area contributed by atoms with Crippen LogP contribution in [-0.2, 0) is 6.54 Å². The second kappa shape index (κ2) is 6.08. The van der Waals surface area contributed by atoms with Crippen LogP contribution >= 0.6 is 0 Å². The molecule has 0 aliphatic heterocycles. The maximum absolute atomic E-state index is 11.5. The number of carbonyl (C=O) groups is 1. The Balaban J connectivity index is 2.17. The van der Waals surface area contributed by atoms with Crippen molar-refractivity contribution in [1.29, 1.82) is 0 Å². The summed E-state index contributed by atoms with van der Waals surface area (Å²) in [4.78, 5) is 15.9. The van der Waals surface area contributed by atoms with Gasteiger partial charge >= 0.3 is 5.97 Å². The van der Waals surface area contributed by atoms with Crippen molar-refractivity contribution in [3.63, 3.8) is 0 Å². The quantitative estimate of drug-likeness (QED) is 0.784. The van der Waals surface area contributed by atoms with Crippen LogP contribution in [0.3, 0.4) is 0 Å². The maximum Gasteiger partial charge on any atom is 0.335 e. The number of carboxylic acid groups (broad SMARTS) is 1. The van der Waals surface area contributed by atoms with Crippen LogP contribution in [0.4, 0.5) is 0 Å². The van der Waals surface area contributed by atoms with Crippen molar-refractivity contribution in [2.45, 2.75) is 20.4 Å². The molecule has 0 saturated heterocycles. The highest BCUT2D eigenvalue weighted by Crippen LogP contribution is 2.28. The van der Waals surface area contributed by atoms with Crippen molar-refractivity contribution >= 4 is 5.97 Å². The van der Waals surface area contributed by atoms with Gasteiger partial charge in [-0.05, 0) is 43.2 Å². The smallest absolute Gasteiger partial charge is 0.335 e. The predicted octanol–water partition coefficient (Wildman–Crippen LogP) is 4.24. The molecule has 0 spiro atoms. The van der Waals surface area contributed by atoms with E-state index in [2.05, 4.69) is 4.98 Å². The molecule has 0 amide bonds. The highest BCUT2D eigenvalue weighted by Gasteiger charge is 2.12. The third-order valence-electron chi connectivity index (χ3n) is 3.88. The molecule has 0 atom stereocenters. The summed E-state index contributed by atoms with van der Waals surface area (Å²) in [6.45, 7) is 4.85. The average molecular weight is 306 g/mol.